The molecule has 0 aromatic heterocycles. The summed E-state index contributed by atoms with van der Waals surface area (Å²) in [6.07, 6.45) is 0. The fourth-order valence-electron chi connectivity index (χ4n) is 2.74. The molecule has 0 aliphatic carbocycles. The van der Waals surface area contributed by atoms with E-state index in [1.165, 1.54) is 37.4 Å². The van der Waals surface area contributed by atoms with Gasteiger partial charge in [-0.1, -0.05) is 23.2 Å². The van der Waals surface area contributed by atoms with Crippen LogP contribution >= 0.6 is 23.2 Å². The molecule has 28 heavy (non-hydrogen) atoms. The van der Waals surface area contributed by atoms with Gasteiger partial charge in [-0.25, -0.2) is 8.42 Å². The first-order valence-electron chi connectivity index (χ1n) is 8.35. The number of carbonyl (C=O) groups excluding carboxylic acids is 1. The molecule has 1 N–H and O–H groups in total. The van der Waals surface area contributed by atoms with Crippen LogP contribution in [0.5, 0.6) is 5.75 Å². The van der Waals surface area contributed by atoms with Crippen LogP contribution in [0.25, 0.3) is 0 Å². The Morgan fingerprint density at radius 1 is 1.14 bits per heavy atom. The van der Waals surface area contributed by atoms with Crippen molar-refractivity contribution < 1.29 is 22.7 Å². The Bertz CT molecular complexity index is 991. The molecular formula is C18H18Cl2N2O5S. The Balaban J connectivity index is 1.95. The van der Waals surface area contributed by atoms with Crippen LogP contribution in [-0.2, 0) is 14.8 Å². The van der Waals surface area contributed by atoms with Gasteiger partial charge in [0, 0.05) is 18.1 Å². The zero-order valence-corrected chi connectivity index (χ0v) is 17.3. The molecule has 1 heterocycles. The van der Waals surface area contributed by atoms with E-state index in [1.807, 2.05) is 0 Å². The van der Waals surface area contributed by atoms with Crippen LogP contribution in [0.2, 0.25) is 10.0 Å². The molecule has 10 heteroatoms. The molecular weight excluding hydrogens is 427 g/mol. The highest BCUT2D eigenvalue weighted by Crippen LogP contribution is 2.29. The third-order valence-corrected chi connectivity index (χ3v) is 6.11. The molecule has 0 saturated carbocycles. The quantitative estimate of drug-likeness (QED) is 0.764. The first-order chi connectivity index (χ1) is 13.3. The van der Waals surface area contributed by atoms with Crippen LogP contribution in [-0.4, -0.2) is 52.6 Å². The van der Waals surface area contributed by atoms with Crippen molar-refractivity contribution in [2.24, 2.45) is 0 Å². The summed E-state index contributed by atoms with van der Waals surface area (Å²) in [6.45, 7) is 1.71. The maximum atomic E-state index is 12.9. The lowest BCUT2D eigenvalue weighted by Crippen LogP contribution is -2.40. The number of morpholine rings is 1. The van der Waals surface area contributed by atoms with Gasteiger partial charge in [0.2, 0.25) is 0 Å². The zero-order chi connectivity index (χ0) is 20.3. The predicted octanol–water partition coefficient (Wildman–Crippen LogP) is 3.28. The summed E-state index contributed by atoms with van der Waals surface area (Å²) in [6, 6.07) is 8.54. The van der Waals surface area contributed by atoms with Crippen molar-refractivity contribution in [2.75, 3.05) is 38.1 Å². The maximum absolute atomic E-state index is 12.9. The van der Waals surface area contributed by atoms with Crippen LogP contribution < -0.4 is 9.46 Å². The zero-order valence-electron chi connectivity index (χ0n) is 14.9. The minimum atomic E-state index is -4.01. The molecule has 1 amide bonds. The van der Waals surface area contributed by atoms with Gasteiger partial charge in [-0.2, -0.15) is 0 Å². The smallest absolute Gasteiger partial charge is 0.261 e. The Hall–Kier alpha value is -2.00. The molecule has 0 radical (unpaired) electrons. The van der Waals surface area contributed by atoms with Crippen molar-refractivity contribution in [2.45, 2.75) is 4.90 Å². The molecule has 0 unspecified atom stereocenters. The van der Waals surface area contributed by atoms with E-state index < -0.39 is 10.0 Å². The number of sulfonamides is 1. The van der Waals surface area contributed by atoms with E-state index in [4.69, 9.17) is 32.7 Å². The minimum Gasteiger partial charge on any atom is -0.496 e. The summed E-state index contributed by atoms with van der Waals surface area (Å²) in [5.41, 5.74) is 0.301. The molecule has 0 atom stereocenters. The topological polar surface area (TPSA) is 84.9 Å². The monoisotopic (exact) mass is 444 g/mol. The van der Waals surface area contributed by atoms with Crippen LogP contribution in [0.15, 0.2) is 41.3 Å². The third kappa shape index (κ3) is 4.52. The fraction of sp³-hybridized carbons (Fsp3) is 0.278. The SMILES string of the molecule is COc1ccc(S(=O)(=O)Nc2cc(Cl)ccc2Cl)cc1C(=O)N1CCOCC1. The number of benzene rings is 2. The highest BCUT2D eigenvalue weighted by molar-refractivity contribution is 7.92. The van der Waals surface area contributed by atoms with E-state index in [-0.39, 0.29) is 32.8 Å². The second-order valence-electron chi connectivity index (χ2n) is 6.00. The maximum Gasteiger partial charge on any atom is 0.261 e. The number of halogens is 2. The van der Waals surface area contributed by atoms with Crippen molar-refractivity contribution in [3.05, 3.63) is 52.0 Å². The minimum absolute atomic E-state index is 0.0963. The van der Waals surface area contributed by atoms with Gasteiger partial charge >= 0.3 is 0 Å². The Morgan fingerprint density at radius 2 is 1.86 bits per heavy atom. The molecule has 2 aromatic carbocycles. The predicted molar refractivity (Wildman–Crippen MR) is 107 cm³/mol. The van der Waals surface area contributed by atoms with Gasteiger partial charge in [-0.15, -0.1) is 0 Å². The van der Waals surface area contributed by atoms with Crippen LogP contribution in [0, 0.1) is 0 Å². The largest absolute Gasteiger partial charge is 0.496 e. The molecule has 0 bridgehead atoms. The Kier molecular flexibility index (Phi) is 6.34. The van der Waals surface area contributed by atoms with E-state index in [2.05, 4.69) is 4.72 Å². The third-order valence-electron chi connectivity index (χ3n) is 4.18. The van der Waals surface area contributed by atoms with E-state index in [0.29, 0.717) is 31.3 Å². The number of carbonyl (C=O) groups is 1. The number of nitrogens with one attached hydrogen (secondary N) is 1. The summed E-state index contributed by atoms with van der Waals surface area (Å²) in [5.74, 6) is -0.0331. The first kappa shape index (κ1) is 20.7. The normalized spacial score (nSPS) is 14.6. The van der Waals surface area contributed by atoms with Crippen molar-refractivity contribution in [1.82, 2.24) is 4.90 Å². The Labute approximate surface area is 173 Å². The molecule has 150 valence electrons. The summed E-state index contributed by atoms with van der Waals surface area (Å²) < 4.78 is 38.5. The molecule has 1 aliphatic rings. The van der Waals surface area contributed by atoms with Gasteiger partial charge < -0.3 is 14.4 Å². The lowest BCUT2D eigenvalue weighted by atomic mass is 10.1. The summed E-state index contributed by atoms with van der Waals surface area (Å²) in [4.78, 5) is 14.4. The summed E-state index contributed by atoms with van der Waals surface area (Å²) >= 11 is 12.0. The van der Waals surface area contributed by atoms with Gasteiger partial charge in [-0.3, -0.25) is 9.52 Å². The molecule has 1 fully saturated rings. The van der Waals surface area contributed by atoms with Crippen LogP contribution in [0.4, 0.5) is 5.69 Å². The second-order valence-corrected chi connectivity index (χ2v) is 8.52. The van der Waals surface area contributed by atoms with E-state index in [1.54, 1.807) is 11.0 Å². The van der Waals surface area contributed by atoms with Gasteiger partial charge in [-0.05, 0) is 36.4 Å². The number of methoxy groups -OCH3 is 1. The second kappa shape index (κ2) is 8.57. The van der Waals surface area contributed by atoms with Gasteiger partial charge in [0.15, 0.2) is 0 Å². The van der Waals surface area contributed by atoms with E-state index >= 15 is 0 Å². The molecule has 7 nitrogen and oxygen atoms in total. The molecule has 1 aliphatic heterocycles. The lowest BCUT2D eigenvalue weighted by molar-refractivity contribution is 0.0300. The van der Waals surface area contributed by atoms with Gasteiger partial charge in [0.25, 0.3) is 15.9 Å². The van der Waals surface area contributed by atoms with Crippen LogP contribution in [0.1, 0.15) is 10.4 Å². The summed E-state index contributed by atoms with van der Waals surface area (Å²) in [7, 11) is -2.59. The highest BCUT2D eigenvalue weighted by Gasteiger charge is 2.25. The number of hydrogen-bond donors (Lipinski definition) is 1. The van der Waals surface area contributed by atoms with Crippen molar-refractivity contribution in [1.29, 1.82) is 0 Å². The number of rotatable bonds is 5. The molecule has 0 spiro atoms. The number of ether oxygens (including phenoxy) is 2. The fourth-order valence-corrected chi connectivity index (χ4v) is 4.23. The Morgan fingerprint density at radius 3 is 2.54 bits per heavy atom. The van der Waals surface area contributed by atoms with Crippen molar-refractivity contribution in [3.8, 4) is 5.75 Å². The number of nitrogens with zero attached hydrogens (tertiary/aromatic N) is 1. The van der Waals surface area contributed by atoms with Crippen LogP contribution in [0.3, 0.4) is 0 Å². The molecule has 1 saturated heterocycles. The molecule has 2 aromatic rings. The van der Waals surface area contributed by atoms with Gasteiger partial charge in [0.05, 0.1) is 41.5 Å². The van der Waals surface area contributed by atoms with E-state index in [9.17, 15) is 13.2 Å². The van der Waals surface area contributed by atoms with E-state index in [0.717, 1.165) is 0 Å². The van der Waals surface area contributed by atoms with Crippen molar-refractivity contribution >= 4 is 44.8 Å². The number of anilines is 1. The average Bonchev–Trinajstić information content (AvgIpc) is 2.70. The number of hydrogen-bond acceptors (Lipinski definition) is 5. The average molecular weight is 445 g/mol. The van der Waals surface area contributed by atoms with Crippen molar-refractivity contribution in [3.63, 3.8) is 0 Å². The molecule has 3 rings (SSSR count). The highest BCUT2D eigenvalue weighted by atomic mass is 35.5. The van der Waals surface area contributed by atoms with Gasteiger partial charge in [0.1, 0.15) is 5.75 Å². The number of amides is 1. The standard InChI is InChI=1S/C18H18Cl2N2O5S/c1-26-17-5-3-13(11-14(17)18(23)22-6-8-27-9-7-22)28(24,25)21-16-10-12(19)2-4-15(16)20/h2-5,10-11,21H,6-9H2,1H3. The first-order valence-corrected chi connectivity index (χ1v) is 10.6. The summed E-state index contributed by atoms with van der Waals surface area (Å²) in [5, 5.41) is 0.533. The lowest BCUT2D eigenvalue weighted by Gasteiger charge is -2.27.